The molecule has 0 amide bonds. The van der Waals surface area contributed by atoms with Gasteiger partial charge < -0.3 is 5.73 Å². The molecule has 96 valence electrons. The van der Waals surface area contributed by atoms with E-state index in [0.29, 0.717) is 5.92 Å². The van der Waals surface area contributed by atoms with E-state index in [9.17, 15) is 0 Å². The fourth-order valence-corrected chi connectivity index (χ4v) is 2.69. The van der Waals surface area contributed by atoms with Crippen molar-refractivity contribution in [2.45, 2.75) is 25.7 Å². The number of fused-ring (bicyclic) bond motifs is 1. The number of nitrogen functional groups attached to an aromatic ring is 1. The monoisotopic (exact) mass is 253 g/mol. The average molecular weight is 253 g/mol. The Bertz CT molecular complexity index is 763. The van der Waals surface area contributed by atoms with Crippen LogP contribution in [-0.2, 0) is 0 Å². The summed E-state index contributed by atoms with van der Waals surface area (Å²) in [6, 6.07) is 4.12. The molecule has 0 aliphatic heterocycles. The van der Waals surface area contributed by atoms with Gasteiger partial charge in [0, 0.05) is 28.2 Å². The molecule has 1 aromatic carbocycles. The van der Waals surface area contributed by atoms with E-state index in [1.807, 2.05) is 6.07 Å². The zero-order valence-corrected chi connectivity index (χ0v) is 10.7. The van der Waals surface area contributed by atoms with Crippen LogP contribution in [0, 0.1) is 6.92 Å². The second-order valence-electron chi connectivity index (χ2n) is 5.28. The highest BCUT2D eigenvalue weighted by Gasteiger charge is 2.30. The SMILES string of the molecule is Cc1[nH]nc(C2CC2)c1-c1cc(N)c2cn[nH]c2c1. The van der Waals surface area contributed by atoms with Crippen molar-refractivity contribution in [1.82, 2.24) is 20.4 Å². The lowest BCUT2D eigenvalue weighted by Crippen LogP contribution is -1.90. The number of hydrogen-bond acceptors (Lipinski definition) is 3. The molecular weight excluding hydrogens is 238 g/mol. The van der Waals surface area contributed by atoms with E-state index in [-0.39, 0.29) is 0 Å². The van der Waals surface area contributed by atoms with Gasteiger partial charge in [-0.1, -0.05) is 0 Å². The zero-order chi connectivity index (χ0) is 13.0. The molecule has 3 aromatic rings. The first kappa shape index (κ1) is 10.6. The summed E-state index contributed by atoms with van der Waals surface area (Å²) in [6.45, 7) is 2.06. The molecule has 5 heteroatoms. The lowest BCUT2D eigenvalue weighted by molar-refractivity contribution is 0.954. The van der Waals surface area contributed by atoms with E-state index in [1.165, 1.54) is 24.1 Å². The quantitative estimate of drug-likeness (QED) is 0.614. The zero-order valence-electron chi connectivity index (χ0n) is 10.7. The molecule has 5 nitrogen and oxygen atoms in total. The first-order chi connectivity index (χ1) is 9.24. The number of anilines is 1. The van der Waals surface area contributed by atoms with E-state index in [2.05, 4.69) is 33.4 Å². The standard InChI is InChI=1S/C14H15N5/c1-7-13(14(19-17-7)8-2-3-8)9-4-11(15)10-6-16-18-12(10)5-9/h4-6,8H,2-3,15H2,1H3,(H,16,18)(H,17,19). The first-order valence-electron chi connectivity index (χ1n) is 6.52. The van der Waals surface area contributed by atoms with Crippen LogP contribution in [0.15, 0.2) is 18.3 Å². The molecule has 0 atom stereocenters. The Labute approximate surface area is 110 Å². The number of aryl methyl sites for hydroxylation is 1. The highest BCUT2D eigenvalue weighted by Crippen LogP contribution is 2.44. The molecule has 0 saturated heterocycles. The number of H-pyrrole nitrogens is 2. The maximum Gasteiger partial charge on any atom is 0.0734 e. The maximum absolute atomic E-state index is 6.11. The molecule has 0 radical (unpaired) electrons. The largest absolute Gasteiger partial charge is 0.398 e. The van der Waals surface area contributed by atoms with Gasteiger partial charge >= 0.3 is 0 Å². The number of nitrogens with zero attached hydrogens (tertiary/aromatic N) is 2. The van der Waals surface area contributed by atoms with Gasteiger partial charge in [-0.25, -0.2) is 0 Å². The first-order valence-corrected chi connectivity index (χ1v) is 6.52. The summed E-state index contributed by atoms with van der Waals surface area (Å²) in [4.78, 5) is 0. The number of nitrogens with two attached hydrogens (primary N) is 1. The molecule has 1 fully saturated rings. The van der Waals surface area contributed by atoms with Crippen LogP contribution in [0.4, 0.5) is 5.69 Å². The summed E-state index contributed by atoms with van der Waals surface area (Å²) < 4.78 is 0. The molecule has 0 unspecified atom stereocenters. The molecule has 0 spiro atoms. The van der Waals surface area contributed by atoms with Crippen molar-refractivity contribution >= 4 is 16.6 Å². The maximum atomic E-state index is 6.11. The van der Waals surface area contributed by atoms with Crippen LogP contribution < -0.4 is 5.73 Å². The van der Waals surface area contributed by atoms with Gasteiger partial charge in [0.25, 0.3) is 0 Å². The molecule has 4 rings (SSSR count). The van der Waals surface area contributed by atoms with Crippen molar-refractivity contribution in [3.63, 3.8) is 0 Å². The molecule has 0 bridgehead atoms. The van der Waals surface area contributed by atoms with Crippen LogP contribution in [0.5, 0.6) is 0 Å². The average Bonchev–Trinajstić information content (AvgIpc) is 2.98. The number of aromatic amines is 2. The summed E-state index contributed by atoms with van der Waals surface area (Å²) in [6.07, 6.45) is 4.23. The van der Waals surface area contributed by atoms with Crippen LogP contribution >= 0.6 is 0 Å². The van der Waals surface area contributed by atoms with E-state index < -0.39 is 0 Å². The van der Waals surface area contributed by atoms with Crippen LogP contribution in [0.1, 0.15) is 30.1 Å². The summed E-state index contributed by atoms with van der Waals surface area (Å²) in [5.41, 5.74) is 12.4. The van der Waals surface area contributed by atoms with Crippen LogP contribution in [-0.4, -0.2) is 20.4 Å². The molecular formula is C14H15N5. The van der Waals surface area contributed by atoms with Crippen molar-refractivity contribution in [2.24, 2.45) is 0 Å². The molecule has 1 saturated carbocycles. The van der Waals surface area contributed by atoms with Gasteiger partial charge in [0.05, 0.1) is 17.4 Å². The third kappa shape index (κ3) is 1.54. The second kappa shape index (κ2) is 3.60. The fourth-order valence-electron chi connectivity index (χ4n) is 2.69. The minimum Gasteiger partial charge on any atom is -0.398 e. The molecule has 1 aliphatic carbocycles. The number of hydrogen-bond donors (Lipinski definition) is 3. The smallest absolute Gasteiger partial charge is 0.0734 e. The predicted molar refractivity (Wildman–Crippen MR) is 74.8 cm³/mol. The molecule has 19 heavy (non-hydrogen) atoms. The highest BCUT2D eigenvalue weighted by molar-refractivity contribution is 5.94. The number of nitrogens with one attached hydrogen (secondary N) is 2. The third-order valence-electron chi connectivity index (χ3n) is 3.82. The van der Waals surface area contributed by atoms with E-state index in [1.54, 1.807) is 6.20 Å². The van der Waals surface area contributed by atoms with Gasteiger partial charge in [-0.15, -0.1) is 0 Å². The van der Waals surface area contributed by atoms with E-state index in [4.69, 9.17) is 5.73 Å². The van der Waals surface area contributed by atoms with Gasteiger partial charge in [-0.2, -0.15) is 10.2 Å². The summed E-state index contributed by atoms with van der Waals surface area (Å²) >= 11 is 0. The van der Waals surface area contributed by atoms with Gasteiger partial charge in [0.1, 0.15) is 0 Å². The van der Waals surface area contributed by atoms with Crippen molar-refractivity contribution in [3.8, 4) is 11.1 Å². The van der Waals surface area contributed by atoms with Crippen molar-refractivity contribution in [2.75, 3.05) is 5.73 Å². The van der Waals surface area contributed by atoms with Gasteiger partial charge in [0.15, 0.2) is 0 Å². The summed E-state index contributed by atoms with van der Waals surface area (Å²) in [5, 5.41) is 15.6. The minimum atomic E-state index is 0.610. The Balaban J connectivity index is 1.96. The molecule has 4 N–H and O–H groups in total. The van der Waals surface area contributed by atoms with E-state index in [0.717, 1.165) is 27.8 Å². The van der Waals surface area contributed by atoms with Crippen molar-refractivity contribution in [3.05, 3.63) is 29.7 Å². The number of rotatable bonds is 2. The minimum absolute atomic E-state index is 0.610. The lowest BCUT2D eigenvalue weighted by Gasteiger charge is -2.06. The van der Waals surface area contributed by atoms with Crippen LogP contribution in [0.2, 0.25) is 0 Å². The number of aromatic nitrogens is 4. The van der Waals surface area contributed by atoms with Crippen LogP contribution in [0.3, 0.4) is 0 Å². The van der Waals surface area contributed by atoms with E-state index >= 15 is 0 Å². The van der Waals surface area contributed by atoms with Crippen LogP contribution in [0.25, 0.3) is 22.0 Å². The lowest BCUT2D eigenvalue weighted by atomic mass is 9.99. The number of benzene rings is 1. The summed E-state index contributed by atoms with van der Waals surface area (Å²) in [7, 11) is 0. The third-order valence-corrected chi connectivity index (χ3v) is 3.82. The molecule has 2 heterocycles. The van der Waals surface area contributed by atoms with Gasteiger partial charge in [0.2, 0.25) is 0 Å². The Kier molecular flexibility index (Phi) is 2.01. The fraction of sp³-hybridized carbons (Fsp3) is 0.286. The topological polar surface area (TPSA) is 83.4 Å². The Morgan fingerprint density at radius 3 is 2.89 bits per heavy atom. The second-order valence-corrected chi connectivity index (χ2v) is 5.28. The van der Waals surface area contributed by atoms with Gasteiger partial charge in [-0.05, 0) is 37.5 Å². The van der Waals surface area contributed by atoms with Crippen molar-refractivity contribution < 1.29 is 0 Å². The Morgan fingerprint density at radius 2 is 2.11 bits per heavy atom. The Morgan fingerprint density at radius 1 is 1.26 bits per heavy atom. The normalized spacial score (nSPS) is 15.2. The summed E-state index contributed by atoms with van der Waals surface area (Å²) in [5.74, 6) is 0.610. The van der Waals surface area contributed by atoms with Gasteiger partial charge in [-0.3, -0.25) is 10.2 Å². The Hall–Kier alpha value is -2.30. The highest BCUT2D eigenvalue weighted by atomic mass is 15.1. The predicted octanol–water partition coefficient (Wildman–Crippen LogP) is 2.72. The van der Waals surface area contributed by atoms with Crippen molar-refractivity contribution in [1.29, 1.82) is 0 Å². The molecule has 2 aromatic heterocycles. The molecule has 1 aliphatic rings.